The molecular formula is C22H23Cl2F3N4O8S. The predicted molar refractivity (Wildman–Crippen MR) is 136 cm³/mol. The van der Waals surface area contributed by atoms with E-state index in [9.17, 15) is 31.5 Å². The first-order valence-corrected chi connectivity index (χ1v) is 13.2. The van der Waals surface area contributed by atoms with Gasteiger partial charge in [0, 0.05) is 19.4 Å². The molecule has 1 atom stereocenters. The van der Waals surface area contributed by atoms with Crippen LogP contribution < -0.4 is 16.2 Å². The van der Waals surface area contributed by atoms with Crippen LogP contribution in [-0.4, -0.2) is 66.3 Å². The number of fused-ring (bicyclic) bond motifs is 1. The molecule has 1 unspecified atom stereocenters. The van der Waals surface area contributed by atoms with E-state index in [1.807, 2.05) is 0 Å². The van der Waals surface area contributed by atoms with Crippen molar-refractivity contribution in [3.05, 3.63) is 57.6 Å². The summed E-state index contributed by atoms with van der Waals surface area (Å²) in [5.41, 5.74) is 11.6. The fourth-order valence-electron chi connectivity index (χ4n) is 3.37. The van der Waals surface area contributed by atoms with Crippen molar-refractivity contribution in [3.8, 4) is 5.75 Å². The molecule has 40 heavy (non-hydrogen) atoms. The zero-order valence-electron chi connectivity index (χ0n) is 20.3. The van der Waals surface area contributed by atoms with Gasteiger partial charge in [-0.1, -0.05) is 35.3 Å². The van der Waals surface area contributed by atoms with Crippen LogP contribution >= 0.6 is 23.2 Å². The summed E-state index contributed by atoms with van der Waals surface area (Å²) < 4.78 is 65.1. The van der Waals surface area contributed by atoms with Crippen molar-refractivity contribution in [2.24, 2.45) is 16.6 Å². The first-order valence-electron chi connectivity index (χ1n) is 11.0. The van der Waals surface area contributed by atoms with Crippen LogP contribution in [-0.2, 0) is 37.4 Å². The molecular weight excluding hydrogens is 608 g/mol. The van der Waals surface area contributed by atoms with Crippen LogP contribution in [0.5, 0.6) is 5.75 Å². The Morgan fingerprint density at radius 3 is 2.20 bits per heavy atom. The number of oxime groups is 1. The maximum Gasteiger partial charge on any atom is 0.490 e. The van der Waals surface area contributed by atoms with E-state index < -0.39 is 34.2 Å². The Hall–Kier alpha value is -3.47. The summed E-state index contributed by atoms with van der Waals surface area (Å²) in [7, 11) is -4.31. The van der Waals surface area contributed by atoms with Gasteiger partial charge in [-0.05, 0) is 40.5 Å². The number of benzene rings is 2. The van der Waals surface area contributed by atoms with Crippen LogP contribution in [0.3, 0.4) is 0 Å². The molecule has 2 aromatic rings. The maximum atomic E-state index is 13.4. The van der Waals surface area contributed by atoms with Crippen LogP contribution in [0.4, 0.5) is 13.2 Å². The normalized spacial score (nSPS) is 15.2. The Bertz CT molecular complexity index is 1350. The summed E-state index contributed by atoms with van der Waals surface area (Å²) in [6.45, 7) is 0.364. The molecule has 0 amide bonds. The Morgan fingerprint density at radius 2 is 1.68 bits per heavy atom. The Labute approximate surface area is 235 Å². The van der Waals surface area contributed by atoms with E-state index in [2.05, 4.69) is 5.16 Å². The lowest BCUT2D eigenvalue weighted by Gasteiger charge is -2.34. The van der Waals surface area contributed by atoms with E-state index >= 15 is 0 Å². The lowest BCUT2D eigenvalue weighted by atomic mass is 9.95. The lowest BCUT2D eigenvalue weighted by molar-refractivity contribution is -0.192. The summed E-state index contributed by atoms with van der Waals surface area (Å²) in [6.07, 6.45) is -4.60. The number of ether oxygens (including phenoxy) is 1. The highest BCUT2D eigenvalue weighted by atomic mass is 35.5. The summed E-state index contributed by atoms with van der Waals surface area (Å²) >= 11 is 12.2. The van der Waals surface area contributed by atoms with Crippen molar-refractivity contribution in [2.45, 2.75) is 36.5 Å². The molecule has 6 N–H and O–H groups in total. The predicted octanol–water partition coefficient (Wildman–Crippen LogP) is 2.80. The number of carboxylic acid groups (broad SMARTS) is 2. The average molecular weight is 631 g/mol. The van der Waals surface area contributed by atoms with E-state index in [-0.39, 0.29) is 40.5 Å². The minimum absolute atomic E-state index is 0.0153. The highest BCUT2D eigenvalue weighted by Gasteiger charge is 2.41. The largest absolute Gasteiger partial charge is 0.493 e. The number of nitrogens with two attached hydrogens (primary N) is 2. The molecule has 0 spiro atoms. The quantitative estimate of drug-likeness (QED) is 0.138. The smallest absolute Gasteiger partial charge is 0.490 e. The van der Waals surface area contributed by atoms with Crippen LogP contribution in [0.2, 0.25) is 10.0 Å². The molecule has 0 bridgehead atoms. The molecule has 0 aromatic heterocycles. The van der Waals surface area contributed by atoms with Gasteiger partial charge in [0.25, 0.3) is 0 Å². The van der Waals surface area contributed by atoms with Crippen LogP contribution in [0.15, 0.2) is 46.4 Å². The van der Waals surface area contributed by atoms with E-state index in [1.54, 1.807) is 18.2 Å². The second kappa shape index (κ2) is 13.7. The van der Waals surface area contributed by atoms with E-state index in [1.165, 1.54) is 18.2 Å². The molecule has 1 heterocycles. The minimum Gasteiger partial charge on any atom is -0.493 e. The highest BCUT2D eigenvalue weighted by Crippen LogP contribution is 2.36. The van der Waals surface area contributed by atoms with Crippen molar-refractivity contribution in [1.29, 1.82) is 0 Å². The Kier molecular flexibility index (Phi) is 11.2. The van der Waals surface area contributed by atoms with E-state index in [0.29, 0.717) is 29.9 Å². The number of sulfonamides is 1. The van der Waals surface area contributed by atoms with E-state index in [4.69, 9.17) is 54.1 Å². The van der Waals surface area contributed by atoms with Crippen molar-refractivity contribution < 1.29 is 51.0 Å². The molecule has 0 radical (unpaired) electrons. The van der Waals surface area contributed by atoms with Gasteiger partial charge in [0.05, 0.1) is 16.7 Å². The number of rotatable bonds is 9. The molecule has 1 aliphatic heterocycles. The summed E-state index contributed by atoms with van der Waals surface area (Å²) in [4.78, 5) is 25.4. The zero-order chi connectivity index (χ0) is 30.3. The first-order chi connectivity index (χ1) is 18.6. The van der Waals surface area contributed by atoms with Gasteiger partial charge < -0.3 is 31.3 Å². The van der Waals surface area contributed by atoms with Crippen molar-refractivity contribution in [1.82, 2.24) is 4.31 Å². The van der Waals surface area contributed by atoms with Gasteiger partial charge in [-0.2, -0.15) is 17.5 Å². The third-order valence-corrected chi connectivity index (χ3v) is 7.91. The Morgan fingerprint density at radius 1 is 1.07 bits per heavy atom. The number of aliphatic carboxylic acids is 2. The van der Waals surface area contributed by atoms with Crippen LogP contribution in [0.1, 0.15) is 17.5 Å². The van der Waals surface area contributed by atoms with Gasteiger partial charge in [0.1, 0.15) is 23.3 Å². The van der Waals surface area contributed by atoms with Gasteiger partial charge in [0.2, 0.25) is 16.0 Å². The van der Waals surface area contributed by atoms with Crippen molar-refractivity contribution in [2.75, 3.05) is 13.2 Å². The number of halogens is 5. The number of hydrogen-bond acceptors (Lipinski definition) is 7. The standard InChI is InChI=1S/C20H22Cl2N4O6S.C2HF3O2/c21-15-3-1-4-16(22)18(15)33(29,30)26-11-13-9-14(31-7-2-8-32-25-20(23)24)6-5-12(13)10-17(26)19(27)28;3-2(4,5)1(6)7/h1,3-6,9,17H,2,7-8,10-11H2,(H,27,28)(H4,23,24,25);(H,6,7). The summed E-state index contributed by atoms with van der Waals surface area (Å²) in [5.74, 6) is -3.71. The number of alkyl halides is 3. The summed E-state index contributed by atoms with van der Waals surface area (Å²) in [5, 5.41) is 20.1. The number of carboxylic acids is 2. The summed E-state index contributed by atoms with van der Waals surface area (Å²) in [6, 6.07) is 8.08. The molecule has 220 valence electrons. The SMILES string of the molecule is NC(N)=NOCCCOc1ccc2c(c1)CN(S(=O)(=O)c1c(Cl)cccc1Cl)C(C(=O)O)C2.O=C(O)C(F)(F)F. The maximum absolute atomic E-state index is 13.4. The van der Waals surface area contributed by atoms with Gasteiger partial charge in [0.15, 0.2) is 0 Å². The first kappa shape index (κ1) is 32.7. The van der Waals surface area contributed by atoms with Gasteiger partial charge >= 0.3 is 18.1 Å². The average Bonchev–Trinajstić information content (AvgIpc) is 2.84. The monoisotopic (exact) mass is 630 g/mol. The number of guanidine groups is 1. The van der Waals surface area contributed by atoms with Crippen molar-refractivity contribution >= 4 is 51.1 Å². The van der Waals surface area contributed by atoms with Gasteiger partial charge in [-0.25, -0.2) is 13.2 Å². The Balaban J connectivity index is 0.000000708. The highest BCUT2D eigenvalue weighted by molar-refractivity contribution is 7.89. The van der Waals surface area contributed by atoms with Crippen LogP contribution in [0.25, 0.3) is 0 Å². The van der Waals surface area contributed by atoms with E-state index in [0.717, 1.165) is 4.31 Å². The number of carbonyl (C=O) groups is 2. The third kappa shape index (κ3) is 8.77. The third-order valence-electron chi connectivity index (χ3n) is 5.10. The lowest BCUT2D eigenvalue weighted by Crippen LogP contribution is -2.48. The fourth-order valence-corrected chi connectivity index (χ4v) is 6.02. The zero-order valence-corrected chi connectivity index (χ0v) is 22.6. The van der Waals surface area contributed by atoms with Gasteiger partial charge in [-0.3, -0.25) is 4.79 Å². The molecule has 0 saturated heterocycles. The van der Waals surface area contributed by atoms with Crippen molar-refractivity contribution in [3.63, 3.8) is 0 Å². The topological polar surface area (TPSA) is 195 Å². The second-order valence-corrected chi connectivity index (χ2v) is 10.6. The minimum atomic E-state index is -5.08. The molecule has 0 fully saturated rings. The molecule has 2 aromatic carbocycles. The molecule has 18 heteroatoms. The number of hydrogen-bond donors (Lipinski definition) is 4. The number of nitrogens with zero attached hydrogens (tertiary/aromatic N) is 2. The molecule has 3 rings (SSSR count). The molecule has 12 nitrogen and oxygen atoms in total. The second-order valence-electron chi connectivity index (χ2n) is 7.94. The molecule has 0 saturated carbocycles. The van der Waals surface area contributed by atoms with Crippen LogP contribution in [0, 0.1) is 0 Å². The molecule has 0 aliphatic carbocycles. The molecule has 1 aliphatic rings. The fraction of sp³-hybridized carbons (Fsp3) is 0.318. The van der Waals surface area contributed by atoms with Gasteiger partial charge in [-0.15, -0.1) is 0 Å².